The molecule has 1 aliphatic heterocycles. The summed E-state index contributed by atoms with van der Waals surface area (Å²) in [5.74, 6) is 0.272. The van der Waals surface area contributed by atoms with Crippen LogP contribution in [0.15, 0.2) is 47.8 Å². The van der Waals surface area contributed by atoms with Crippen LogP contribution >= 0.6 is 11.6 Å². The van der Waals surface area contributed by atoms with Crippen molar-refractivity contribution in [1.82, 2.24) is 19.3 Å². The van der Waals surface area contributed by atoms with Crippen molar-refractivity contribution < 1.29 is 8.42 Å². The van der Waals surface area contributed by atoms with Crippen LogP contribution in [0, 0.1) is 0 Å². The lowest BCUT2D eigenvalue weighted by Crippen LogP contribution is -2.38. The number of fused-ring (bicyclic) bond motifs is 1. The van der Waals surface area contributed by atoms with Crippen LogP contribution < -0.4 is 0 Å². The molecule has 0 aliphatic carbocycles. The van der Waals surface area contributed by atoms with E-state index < -0.39 is 10.0 Å². The summed E-state index contributed by atoms with van der Waals surface area (Å²) < 4.78 is 26.9. The van der Waals surface area contributed by atoms with Crippen LogP contribution in [0.2, 0.25) is 5.15 Å². The Morgan fingerprint density at radius 3 is 2.64 bits per heavy atom. The lowest BCUT2D eigenvalue weighted by molar-refractivity contribution is 0.317. The third kappa shape index (κ3) is 3.15. The maximum Gasteiger partial charge on any atom is 0.244 e. The average Bonchev–Trinajstić information content (AvgIpc) is 3.10. The second kappa shape index (κ2) is 6.40. The number of rotatable bonds is 3. The number of H-pyrrole nitrogens is 1. The Balaban J connectivity index is 1.49. The zero-order valence-electron chi connectivity index (χ0n) is 13.4. The third-order valence-corrected chi connectivity index (χ3v) is 6.77. The van der Waals surface area contributed by atoms with Gasteiger partial charge in [-0.25, -0.2) is 13.4 Å². The maximum absolute atomic E-state index is 12.7. The Hall–Kier alpha value is -1.96. The highest BCUT2D eigenvalue weighted by Gasteiger charge is 2.30. The van der Waals surface area contributed by atoms with E-state index in [1.54, 1.807) is 0 Å². The molecule has 25 heavy (non-hydrogen) atoms. The molecule has 8 heteroatoms. The van der Waals surface area contributed by atoms with E-state index in [1.807, 2.05) is 18.5 Å². The minimum atomic E-state index is -3.52. The molecule has 0 amide bonds. The van der Waals surface area contributed by atoms with E-state index in [9.17, 15) is 8.42 Å². The van der Waals surface area contributed by atoms with Gasteiger partial charge in [0, 0.05) is 42.5 Å². The lowest BCUT2D eigenvalue weighted by atomic mass is 9.94. The first-order valence-electron chi connectivity index (χ1n) is 8.09. The van der Waals surface area contributed by atoms with E-state index >= 15 is 0 Å². The first-order valence-corrected chi connectivity index (χ1v) is 9.90. The van der Waals surface area contributed by atoms with Crippen molar-refractivity contribution in [2.75, 3.05) is 13.1 Å². The highest BCUT2D eigenvalue weighted by molar-refractivity contribution is 7.89. The standard InChI is InChI=1S/C17H17ClN4O2S/c18-17-2-1-14(10-21-17)25(23,24)22-7-4-12(5-8-22)15-9-13-3-6-19-16(13)11-20-15/h1-3,6,9-12,19H,4-5,7-8H2. The van der Waals surface area contributed by atoms with Crippen LogP contribution in [0.5, 0.6) is 0 Å². The molecule has 4 heterocycles. The fourth-order valence-corrected chi connectivity index (χ4v) is 4.77. The van der Waals surface area contributed by atoms with Crippen molar-refractivity contribution >= 4 is 32.5 Å². The largest absolute Gasteiger partial charge is 0.360 e. The van der Waals surface area contributed by atoms with Gasteiger partial charge in [-0.15, -0.1) is 0 Å². The number of hydrogen-bond donors (Lipinski definition) is 1. The topological polar surface area (TPSA) is 79.0 Å². The van der Waals surface area contributed by atoms with E-state index in [2.05, 4.69) is 21.0 Å². The van der Waals surface area contributed by atoms with Crippen LogP contribution in [0.25, 0.3) is 10.9 Å². The van der Waals surface area contributed by atoms with Gasteiger partial charge in [-0.1, -0.05) is 11.6 Å². The Kier molecular flexibility index (Phi) is 4.23. The summed E-state index contributed by atoms with van der Waals surface area (Å²) >= 11 is 5.74. The Morgan fingerprint density at radius 1 is 1.12 bits per heavy atom. The normalized spacial score (nSPS) is 17.2. The number of nitrogens with one attached hydrogen (secondary N) is 1. The fourth-order valence-electron chi connectivity index (χ4n) is 3.25. The zero-order chi connectivity index (χ0) is 17.4. The molecule has 0 unspecified atom stereocenters. The highest BCUT2D eigenvalue weighted by atomic mass is 35.5. The van der Waals surface area contributed by atoms with Crippen LogP contribution in [0.4, 0.5) is 0 Å². The minimum absolute atomic E-state index is 0.183. The minimum Gasteiger partial charge on any atom is -0.360 e. The molecule has 0 spiro atoms. The molecule has 1 N–H and O–H groups in total. The monoisotopic (exact) mass is 376 g/mol. The summed E-state index contributed by atoms with van der Waals surface area (Å²) in [6, 6.07) is 7.10. The average molecular weight is 377 g/mol. The van der Waals surface area contributed by atoms with Crippen LogP contribution in [0.3, 0.4) is 0 Å². The molecule has 0 atom stereocenters. The van der Waals surface area contributed by atoms with E-state index in [0.717, 1.165) is 29.4 Å². The number of aromatic nitrogens is 3. The smallest absolute Gasteiger partial charge is 0.244 e. The first kappa shape index (κ1) is 16.5. The van der Waals surface area contributed by atoms with E-state index in [4.69, 9.17) is 11.6 Å². The first-order chi connectivity index (χ1) is 12.0. The second-order valence-corrected chi connectivity index (χ2v) is 8.49. The zero-order valence-corrected chi connectivity index (χ0v) is 15.0. The van der Waals surface area contributed by atoms with Gasteiger partial charge in [-0.2, -0.15) is 4.31 Å². The molecule has 1 saturated heterocycles. The molecular formula is C17H17ClN4O2S. The fraction of sp³-hybridized carbons (Fsp3) is 0.294. The quantitative estimate of drug-likeness (QED) is 0.712. The molecular weight excluding hydrogens is 360 g/mol. The van der Waals surface area contributed by atoms with E-state index in [1.165, 1.54) is 22.6 Å². The van der Waals surface area contributed by atoms with E-state index in [-0.39, 0.29) is 16.0 Å². The number of hydrogen-bond acceptors (Lipinski definition) is 4. The van der Waals surface area contributed by atoms with Gasteiger partial charge in [-0.3, -0.25) is 4.98 Å². The summed E-state index contributed by atoms with van der Waals surface area (Å²) in [6.07, 6.45) is 6.55. The van der Waals surface area contributed by atoms with Crippen molar-refractivity contribution in [1.29, 1.82) is 0 Å². The van der Waals surface area contributed by atoms with Crippen LogP contribution in [0.1, 0.15) is 24.5 Å². The van der Waals surface area contributed by atoms with Crippen molar-refractivity contribution in [3.8, 4) is 0 Å². The summed E-state index contributed by atoms with van der Waals surface area (Å²) in [5.41, 5.74) is 2.04. The molecule has 4 rings (SSSR count). The summed E-state index contributed by atoms with van der Waals surface area (Å²) in [4.78, 5) is 11.7. The van der Waals surface area contributed by atoms with Gasteiger partial charge < -0.3 is 4.98 Å². The molecule has 1 fully saturated rings. The van der Waals surface area contributed by atoms with Gasteiger partial charge in [0.1, 0.15) is 10.0 Å². The van der Waals surface area contributed by atoms with Gasteiger partial charge in [0.05, 0.1) is 11.7 Å². The molecule has 6 nitrogen and oxygen atoms in total. The second-order valence-electron chi connectivity index (χ2n) is 6.17. The Bertz CT molecular complexity index is 993. The summed E-state index contributed by atoms with van der Waals surface area (Å²) in [7, 11) is -3.52. The number of aromatic amines is 1. The van der Waals surface area contributed by atoms with Crippen molar-refractivity contribution in [3.05, 3.63) is 53.7 Å². The summed E-state index contributed by atoms with van der Waals surface area (Å²) in [5, 5.41) is 1.41. The van der Waals surface area contributed by atoms with Gasteiger partial charge >= 0.3 is 0 Å². The Labute approximate surface area is 150 Å². The molecule has 3 aromatic rings. The molecule has 130 valence electrons. The highest BCUT2D eigenvalue weighted by Crippen LogP contribution is 2.30. The predicted octanol–water partition coefficient (Wildman–Crippen LogP) is 3.18. The van der Waals surface area contributed by atoms with Gasteiger partial charge in [0.15, 0.2) is 0 Å². The van der Waals surface area contributed by atoms with Gasteiger partial charge in [-0.05, 0) is 37.1 Å². The third-order valence-electron chi connectivity index (χ3n) is 4.67. The molecule has 1 aliphatic rings. The predicted molar refractivity (Wildman–Crippen MR) is 96.1 cm³/mol. The number of halogens is 1. The molecule has 0 aromatic carbocycles. The Morgan fingerprint density at radius 2 is 1.92 bits per heavy atom. The number of piperidine rings is 1. The van der Waals surface area contributed by atoms with Crippen LogP contribution in [-0.2, 0) is 10.0 Å². The molecule has 3 aromatic heterocycles. The number of pyridine rings is 2. The van der Waals surface area contributed by atoms with Crippen molar-refractivity contribution in [2.24, 2.45) is 0 Å². The molecule has 0 radical (unpaired) electrons. The maximum atomic E-state index is 12.7. The van der Waals surface area contributed by atoms with Gasteiger partial charge in [0.25, 0.3) is 0 Å². The molecule has 0 bridgehead atoms. The summed E-state index contributed by atoms with van der Waals surface area (Å²) in [6.45, 7) is 0.949. The number of sulfonamides is 1. The number of nitrogens with zero attached hydrogens (tertiary/aromatic N) is 3. The van der Waals surface area contributed by atoms with Crippen molar-refractivity contribution in [3.63, 3.8) is 0 Å². The lowest BCUT2D eigenvalue weighted by Gasteiger charge is -2.30. The SMILES string of the molecule is O=S(=O)(c1ccc(Cl)nc1)N1CCC(c2cc3cc[nH]c3cn2)CC1. The van der Waals surface area contributed by atoms with Gasteiger partial charge in [0.2, 0.25) is 10.0 Å². The van der Waals surface area contributed by atoms with Crippen LogP contribution in [-0.4, -0.2) is 40.8 Å². The molecule has 0 saturated carbocycles. The van der Waals surface area contributed by atoms with Crippen molar-refractivity contribution in [2.45, 2.75) is 23.7 Å². The van der Waals surface area contributed by atoms with E-state index in [0.29, 0.717) is 13.1 Å².